The smallest absolute Gasteiger partial charge is 0.325 e. The molecule has 1 heterocycles. The topological polar surface area (TPSA) is 135 Å². The molecule has 2 amide bonds. The Morgan fingerprint density at radius 2 is 1.54 bits per heavy atom. The van der Waals surface area contributed by atoms with Gasteiger partial charge in [-0.1, -0.05) is 36.4 Å². The lowest BCUT2D eigenvalue weighted by Gasteiger charge is -2.10. The van der Waals surface area contributed by atoms with Crippen LogP contribution in [-0.2, 0) is 14.3 Å². The van der Waals surface area contributed by atoms with Gasteiger partial charge < -0.3 is 20.1 Å². The predicted molar refractivity (Wildman–Crippen MR) is 133 cm³/mol. The second-order valence-corrected chi connectivity index (χ2v) is 7.60. The molecule has 0 aliphatic carbocycles. The van der Waals surface area contributed by atoms with Crippen LogP contribution in [0.5, 0.6) is 11.5 Å². The Hall–Kier alpha value is -5.43. The number of aromatic nitrogens is 2. The van der Waals surface area contributed by atoms with Crippen LogP contribution in [0.4, 0.5) is 5.82 Å². The molecule has 0 radical (unpaired) electrons. The third-order valence-corrected chi connectivity index (χ3v) is 5.00. The predicted octanol–water partition coefficient (Wildman–Crippen LogP) is 3.45. The molecule has 0 aliphatic heterocycles. The third kappa shape index (κ3) is 6.58. The minimum absolute atomic E-state index is 0.149. The number of rotatable bonds is 9. The van der Waals surface area contributed by atoms with Crippen molar-refractivity contribution in [2.45, 2.75) is 0 Å². The molecule has 2 N–H and O–H groups in total. The third-order valence-electron chi connectivity index (χ3n) is 5.00. The summed E-state index contributed by atoms with van der Waals surface area (Å²) in [5.74, 6) is -0.575. The lowest BCUT2D eigenvalue weighted by Crippen LogP contribution is -2.32. The number of nitrogens with one attached hydrogen (secondary N) is 2. The van der Waals surface area contributed by atoms with Gasteiger partial charge in [0.2, 0.25) is 0 Å². The summed E-state index contributed by atoms with van der Waals surface area (Å²) < 4.78 is 12.0. The molecule has 184 valence electrons. The summed E-state index contributed by atoms with van der Waals surface area (Å²) in [4.78, 5) is 36.7. The Kier molecular flexibility index (Phi) is 7.88. The molecule has 0 atom stereocenters. The van der Waals surface area contributed by atoms with E-state index in [2.05, 4.69) is 15.7 Å². The number of carbonyl (C=O) groups is 3. The first-order valence-electron chi connectivity index (χ1n) is 11.1. The molecule has 4 aromatic rings. The molecule has 0 fully saturated rings. The van der Waals surface area contributed by atoms with Crippen molar-refractivity contribution >= 4 is 23.6 Å². The Bertz CT molecular complexity index is 1430. The Morgan fingerprint density at radius 1 is 0.892 bits per heavy atom. The van der Waals surface area contributed by atoms with Crippen LogP contribution in [0.3, 0.4) is 0 Å². The van der Waals surface area contributed by atoms with Gasteiger partial charge in [0.25, 0.3) is 11.8 Å². The summed E-state index contributed by atoms with van der Waals surface area (Å²) >= 11 is 0. The van der Waals surface area contributed by atoms with E-state index in [4.69, 9.17) is 9.47 Å². The van der Waals surface area contributed by atoms with Crippen molar-refractivity contribution in [2.75, 3.05) is 18.5 Å². The van der Waals surface area contributed by atoms with Crippen LogP contribution < -0.4 is 15.4 Å². The molecule has 1 aromatic heterocycles. The first-order valence-corrected chi connectivity index (χ1v) is 11.1. The van der Waals surface area contributed by atoms with Gasteiger partial charge in [-0.2, -0.15) is 10.4 Å². The van der Waals surface area contributed by atoms with Gasteiger partial charge in [0, 0.05) is 5.56 Å². The molecule has 0 aliphatic rings. The van der Waals surface area contributed by atoms with E-state index in [9.17, 15) is 19.6 Å². The summed E-state index contributed by atoms with van der Waals surface area (Å²) in [7, 11) is 0. The van der Waals surface area contributed by atoms with E-state index in [1.165, 1.54) is 10.9 Å². The molecule has 37 heavy (non-hydrogen) atoms. The first kappa shape index (κ1) is 24.7. The van der Waals surface area contributed by atoms with Crippen molar-refractivity contribution in [3.63, 3.8) is 0 Å². The van der Waals surface area contributed by atoms with Gasteiger partial charge in [-0.05, 0) is 48.5 Å². The average Bonchev–Trinajstić information content (AvgIpc) is 3.34. The van der Waals surface area contributed by atoms with E-state index in [0.717, 1.165) is 0 Å². The maximum atomic E-state index is 12.4. The number of anilines is 1. The van der Waals surface area contributed by atoms with Gasteiger partial charge in [0.15, 0.2) is 12.4 Å². The monoisotopic (exact) mass is 495 g/mol. The normalized spacial score (nSPS) is 10.1. The van der Waals surface area contributed by atoms with Crippen LogP contribution >= 0.6 is 0 Å². The fourth-order valence-electron chi connectivity index (χ4n) is 3.23. The summed E-state index contributed by atoms with van der Waals surface area (Å²) in [5.41, 5.74) is 1.11. The molecule has 0 saturated carbocycles. The standard InChI is InChI=1S/C27H21N5O5/c28-15-20-16-30-32(21-7-3-1-4-8-21)26(20)31-24(33)18-36-25(34)17-29-27(35)19-11-13-23(14-12-19)37-22-9-5-2-6-10-22/h1-14,16H,17-18H2,(H,29,35)(H,31,33). The lowest BCUT2D eigenvalue weighted by atomic mass is 10.2. The quantitative estimate of drug-likeness (QED) is 0.340. The van der Waals surface area contributed by atoms with E-state index < -0.39 is 30.9 Å². The van der Waals surface area contributed by atoms with Crippen molar-refractivity contribution < 1.29 is 23.9 Å². The highest BCUT2D eigenvalue weighted by molar-refractivity contribution is 5.96. The van der Waals surface area contributed by atoms with Crippen molar-refractivity contribution in [3.8, 4) is 23.3 Å². The Balaban J connectivity index is 1.25. The fourth-order valence-corrected chi connectivity index (χ4v) is 3.23. The van der Waals surface area contributed by atoms with E-state index in [1.54, 1.807) is 48.5 Å². The van der Waals surface area contributed by atoms with Crippen LogP contribution in [0.25, 0.3) is 5.69 Å². The Morgan fingerprint density at radius 3 is 2.22 bits per heavy atom. The van der Waals surface area contributed by atoms with Gasteiger partial charge in [-0.15, -0.1) is 0 Å². The number of hydrogen-bond acceptors (Lipinski definition) is 7. The van der Waals surface area contributed by atoms with Crippen LogP contribution in [0, 0.1) is 11.3 Å². The van der Waals surface area contributed by atoms with Gasteiger partial charge in [-0.25, -0.2) is 4.68 Å². The molecule has 0 unspecified atom stereocenters. The minimum Gasteiger partial charge on any atom is -0.457 e. The number of amides is 2. The number of para-hydroxylation sites is 2. The summed E-state index contributed by atoms with van der Waals surface area (Å²) in [6.07, 6.45) is 1.32. The number of nitrogens with zero attached hydrogens (tertiary/aromatic N) is 3. The highest BCUT2D eigenvalue weighted by atomic mass is 16.5. The molecule has 0 bridgehead atoms. The van der Waals surface area contributed by atoms with Crippen molar-refractivity contribution in [2.24, 2.45) is 0 Å². The zero-order chi connectivity index (χ0) is 26.0. The van der Waals surface area contributed by atoms with Crippen LogP contribution in [0.1, 0.15) is 15.9 Å². The van der Waals surface area contributed by atoms with Crippen molar-refractivity contribution in [3.05, 3.63) is 102 Å². The van der Waals surface area contributed by atoms with Crippen LogP contribution in [0.2, 0.25) is 0 Å². The number of benzene rings is 3. The number of ether oxygens (including phenoxy) is 2. The Labute approximate surface area is 212 Å². The second kappa shape index (κ2) is 11.8. The van der Waals surface area contributed by atoms with Crippen LogP contribution in [-0.4, -0.2) is 40.7 Å². The van der Waals surface area contributed by atoms with Gasteiger partial charge >= 0.3 is 5.97 Å². The number of esters is 1. The molecule has 3 aromatic carbocycles. The molecule has 10 nitrogen and oxygen atoms in total. The number of hydrogen-bond donors (Lipinski definition) is 2. The average molecular weight is 495 g/mol. The maximum absolute atomic E-state index is 12.4. The highest BCUT2D eigenvalue weighted by Gasteiger charge is 2.17. The molecular formula is C27H21N5O5. The van der Waals surface area contributed by atoms with Gasteiger partial charge in [0.05, 0.1) is 11.9 Å². The first-order chi connectivity index (χ1) is 18.0. The van der Waals surface area contributed by atoms with E-state index >= 15 is 0 Å². The zero-order valence-corrected chi connectivity index (χ0v) is 19.5. The maximum Gasteiger partial charge on any atom is 0.325 e. The van der Waals surface area contributed by atoms with Gasteiger partial charge in [-0.3, -0.25) is 14.4 Å². The highest BCUT2D eigenvalue weighted by Crippen LogP contribution is 2.21. The van der Waals surface area contributed by atoms with E-state index in [1.807, 2.05) is 42.5 Å². The number of nitriles is 1. The number of carbonyl (C=O) groups excluding carboxylic acids is 3. The van der Waals surface area contributed by atoms with Crippen molar-refractivity contribution in [1.82, 2.24) is 15.1 Å². The zero-order valence-electron chi connectivity index (χ0n) is 19.5. The molecule has 4 rings (SSSR count). The largest absolute Gasteiger partial charge is 0.457 e. The van der Waals surface area contributed by atoms with E-state index in [-0.39, 0.29) is 11.4 Å². The van der Waals surface area contributed by atoms with Gasteiger partial charge in [0.1, 0.15) is 29.7 Å². The van der Waals surface area contributed by atoms with Crippen molar-refractivity contribution in [1.29, 1.82) is 5.26 Å². The fraction of sp³-hybridized carbons (Fsp3) is 0.0741. The summed E-state index contributed by atoms with van der Waals surface area (Å²) in [5, 5.41) is 18.4. The molecule has 0 spiro atoms. The summed E-state index contributed by atoms with van der Waals surface area (Å²) in [6, 6.07) is 26.5. The summed E-state index contributed by atoms with van der Waals surface area (Å²) in [6.45, 7) is -1.04. The SMILES string of the molecule is N#Cc1cnn(-c2ccccc2)c1NC(=O)COC(=O)CNC(=O)c1ccc(Oc2ccccc2)cc1. The molecule has 10 heteroatoms. The second-order valence-electron chi connectivity index (χ2n) is 7.60. The molecular weight excluding hydrogens is 474 g/mol. The van der Waals surface area contributed by atoms with Crippen LogP contribution in [0.15, 0.2) is 91.1 Å². The molecule has 0 saturated heterocycles. The van der Waals surface area contributed by atoms with E-state index in [0.29, 0.717) is 22.7 Å². The minimum atomic E-state index is -0.801. The lowest BCUT2D eigenvalue weighted by molar-refractivity contribution is -0.146.